The molecule has 0 unspecified atom stereocenters. The van der Waals surface area contributed by atoms with Crippen molar-refractivity contribution in [2.75, 3.05) is 41.3 Å². The number of carbonyl (C=O) groups excluding carboxylic acids is 2. The number of hydrogen-bond donors (Lipinski definition) is 2. The van der Waals surface area contributed by atoms with Gasteiger partial charge in [-0.25, -0.2) is 13.8 Å². The van der Waals surface area contributed by atoms with E-state index in [0.29, 0.717) is 31.0 Å². The number of hydrogen-bond acceptors (Lipinski definition) is 6. The molecule has 2 heterocycles. The van der Waals surface area contributed by atoms with E-state index in [1.54, 1.807) is 11.0 Å². The first-order chi connectivity index (χ1) is 18.4. The largest absolute Gasteiger partial charge is 0.368 e. The molecule has 5 rings (SSSR count). The first kappa shape index (κ1) is 25.4. The summed E-state index contributed by atoms with van der Waals surface area (Å²) >= 11 is 0. The normalized spacial score (nSPS) is 15.3. The lowest BCUT2D eigenvalue weighted by atomic mass is 10.1. The average Bonchev–Trinajstić information content (AvgIpc) is 3.77. The number of nitrogens with two attached hydrogens (primary N) is 1. The topological polar surface area (TPSA) is 94.8 Å². The van der Waals surface area contributed by atoms with Crippen LogP contribution in [0.5, 0.6) is 0 Å². The SMILES string of the molecule is CCC(=O)N1CCN(c2ccc(Nc3cc(N(c4cccc(F)c4F)C4CC4)c(C(N)=O)cn3)cc2)CC1. The molecule has 2 aromatic carbocycles. The molecule has 1 aliphatic carbocycles. The van der Waals surface area contributed by atoms with Gasteiger partial charge in [-0.05, 0) is 49.2 Å². The summed E-state index contributed by atoms with van der Waals surface area (Å²) in [7, 11) is 0. The van der Waals surface area contributed by atoms with Crippen LogP contribution in [0.4, 0.5) is 37.3 Å². The maximum Gasteiger partial charge on any atom is 0.252 e. The summed E-state index contributed by atoms with van der Waals surface area (Å²) in [5, 5.41) is 3.23. The Bertz CT molecular complexity index is 1340. The maximum absolute atomic E-state index is 14.8. The van der Waals surface area contributed by atoms with E-state index in [2.05, 4.69) is 15.2 Å². The number of amides is 2. The highest BCUT2D eigenvalue weighted by atomic mass is 19.2. The molecule has 3 N–H and O–H groups in total. The number of piperazine rings is 1. The lowest BCUT2D eigenvalue weighted by Gasteiger charge is -2.36. The van der Waals surface area contributed by atoms with Gasteiger partial charge in [0.25, 0.3) is 5.91 Å². The molecule has 1 aromatic heterocycles. The minimum Gasteiger partial charge on any atom is -0.368 e. The number of pyridine rings is 1. The molecule has 1 saturated carbocycles. The molecule has 0 bridgehead atoms. The van der Waals surface area contributed by atoms with Crippen molar-refractivity contribution in [3.8, 4) is 0 Å². The van der Waals surface area contributed by atoms with Crippen LogP contribution in [0.25, 0.3) is 0 Å². The molecule has 2 aliphatic rings. The van der Waals surface area contributed by atoms with Crippen LogP contribution in [0.2, 0.25) is 0 Å². The molecule has 0 atom stereocenters. The van der Waals surface area contributed by atoms with Crippen molar-refractivity contribution in [3.05, 3.63) is 71.9 Å². The van der Waals surface area contributed by atoms with Gasteiger partial charge >= 0.3 is 0 Å². The number of carbonyl (C=O) groups is 2. The van der Waals surface area contributed by atoms with E-state index in [1.165, 1.54) is 18.3 Å². The second kappa shape index (κ2) is 10.6. The highest BCUT2D eigenvalue weighted by molar-refractivity contribution is 6.00. The van der Waals surface area contributed by atoms with Crippen LogP contribution in [-0.4, -0.2) is 53.9 Å². The van der Waals surface area contributed by atoms with Crippen LogP contribution in [0, 0.1) is 11.6 Å². The Hall–Kier alpha value is -4.21. The van der Waals surface area contributed by atoms with Gasteiger partial charge in [0.1, 0.15) is 5.82 Å². The number of primary amides is 1. The van der Waals surface area contributed by atoms with E-state index in [4.69, 9.17) is 5.73 Å². The smallest absolute Gasteiger partial charge is 0.252 e. The first-order valence-corrected chi connectivity index (χ1v) is 12.8. The molecule has 198 valence electrons. The molecule has 0 spiro atoms. The Kier molecular flexibility index (Phi) is 7.13. The van der Waals surface area contributed by atoms with Crippen molar-refractivity contribution in [1.29, 1.82) is 0 Å². The number of benzene rings is 2. The summed E-state index contributed by atoms with van der Waals surface area (Å²) in [6.45, 7) is 4.82. The first-order valence-electron chi connectivity index (χ1n) is 12.8. The standard InChI is InChI=1S/C28H30F2N6O2/c1-2-26(37)35-14-12-34(13-15-35)19-8-6-18(7-9-19)33-25-16-24(21(17-32-25)28(31)38)36(20-10-11-20)23-5-3-4-22(29)27(23)30/h3-9,16-17,20H,2,10-15H2,1H3,(H2,31,38)(H,32,33). The van der Waals surface area contributed by atoms with Gasteiger partial charge in [-0.1, -0.05) is 13.0 Å². The van der Waals surface area contributed by atoms with Crippen molar-refractivity contribution in [3.63, 3.8) is 0 Å². The second-order valence-electron chi connectivity index (χ2n) is 9.52. The van der Waals surface area contributed by atoms with E-state index in [-0.39, 0.29) is 23.2 Å². The number of anilines is 5. The molecular formula is C28H30F2N6O2. The monoisotopic (exact) mass is 520 g/mol. The lowest BCUT2D eigenvalue weighted by molar-refractivity contribution is -0.131. The molecule has 3 aromatic rings. The predicted octanol–water partition coefficient (Wildman–Crippen LogP) is 4.56. The minimum atomic E-state index is -0.975. The number of nitrogens with zero attached hydrogens (tertiary/aromatic N) is 4. The van der Waals surface area contributed by atoms with E-state index < -0.39 is 17.5 Å². The van der Waals surface area contributed by atoms with Crippen LogP contribution in [0.3, 0.4) is 0 Å². The average molecular weight is 521 g/mol. The molecule has 2 amide bonds. The van der Waals surface area contributed by atoms with E-state index in [0.717, 1.165) is 43.4 Å². The zero-order valence-electron chi connectivity index (χ0n) is 21.2. The van der Waals surface area contributed by atoms with Crippen molar-refractivity contribution in [2.24, 2.45) is 5.73 Å². The van der Waals surface area contributed by atoms with Gasteiger partial charge in [0.2, 0.25) is 5.91 Å². The van der Waals surface area contributed by atoms with E-state index in [1.807, 2.05) is 36.1 Å². The van der Waals surface area contributed by atoms with Gasteiger partial charge in [-0.3, -0.25) is 9.59 Å². The fourth-order valence-electron chi connectivity index (χ4n) is 4.78. The summed E-state index contributed by atoms with van der Waals surface area (Å²) in [6.07, 6.45) is 3.44. The van der Waals surface area contributed by atoms with Crippen LogP contribution >= 0.6 is 0 Å². The maximum atomic E-state index is 14.8. The molecule has 1 aliphatic heterocycles. The summed E-state index contributed by atoms with van der Waals surface area (Å²) in [5.41, 5.74) is 8.00. The van der Waals surface area contributed by atoms with Crippen molar-refractivity contribution >= 4 is 40.4 Å². The van der Waals surface area contributed by atoms with Crippen LogP contribution in [0.1, 0.15) is 36.5 Å². The van der Waals surface area contributed by atoms with Gasteiger partial charge in [-0.2, -0.15) is 0 Å². The minimum absolute atomic E-state index is 0.0530. The molecule has 10 heteroatoms. The lowest BCUT2D eigenvalue weighted by Crippen LogP contribution is -2.48. The summed E-state index contributed by atoms with van der Waals surface area (Å²) in [6, 6.07) is 13.4. The summed E-state index contributed by atoms with van der Waals surface area (Å²) < 4.78 is 28.9. The number of halogens is 2. The summed E-state index contributed by atoms with van der Waals surface area (Å²) in [4.78, 5) is 34.3. The zero-order chi connectivity index (χ0) is 26.8. The highest BCUT2D eigenvalue weighted by Crippen LogP contribution is 2.42. The van der Waals surface area contributed by atoms with Crippen LogP contribution in [-0.2, 0) is 4.79 Å². The van der Waals surface area contributed by atoms with Crippen LogP contribution < -0.4 is 20.9 Å². The van der Waals surface area contributed by atoms with Crippen LogP contribution in [0.15, 0.2) is 54.7 Å². The fraction of sp³-hybridized carbons (Fsp3) is 0.321. The molecule has 38 heavy (non-hydrogen) atoms. The molecular weight excluding hydrogens is 490 g/mol. The van der Waals surface area contributed by atoms with Gasteiger partial charge in [0, 0.05) is 62.3 Å². The molecule has 2 fully saturated rings. The quantitative estimate of drug-likeness (QED) is 0.452. The Labute approximate surface area is 220 Å². The van der Waals surface area contributed by atoms with Crippen molar-refractivity contribution in [2.45, 2.75) is 32.2 Å². The van der Waals surface area contributed by atoms with Gasteiger partial charge in [-0.15, -0.1) is 0 Å². The predicted molar refractivity (Wildman–Crippen MR) is 143 cm³/mol. The fourth-order valence-corrected chi connectivity index (χ4v) is 4.78. The van der Waals surface area contributed by atoms with E-state index >= 15 is 0 Å². The Balaban J connectivity index is 1.37. The molecule has 1 saturated heterocycles. The number of aromatic nitrogens is 1. The van der Waals surface area contributed by atoms with Gasteiger partial charge < -0.3 is 25.8 Å². The third-order valence-corrected chi connectivity index (χ3v) is 6.95. The third-order valence-electron chi connectivity index (χ3n) is 6.95. The number of nitrogens with one attached hydrogen (secondary N) is 1. The Morgan fingerprint density at radius 2 is 1.76 bits per heavy atom. The van der Waals surface area contributed by atoms with Crippen molar-refractivity contribution in [1.82, 2.24) is 9.88 Å². The van der Waals surface area contributed by atoms with Gasteiger partial charge in [0.15, 0.2) is 11.6 Å². The third kappa shape index (κ3) is 5.25. The number of rotatable bonds is 8. The highest BCUT2D eigenvalue weighted by Gasteiger charge is 2.35. The van der Waals surface area contributed by atoms with Crippen molar-refractivity contribution < 1.29 is 18.4 Å². The van der Waals surface area contributed by atoms with Gasteiger partial charge in [0.05, 0.1) is 16.9 Å². The van der Waals surface area contributed by atoms with E-state index in [9.17, 15) is 18.4 Å². The summed E-state index contributed by atoms with van der Waals surface area (Å²) in [5.74, 6) is -2.02. The Morgan fingerprint density at radius 3 is 2.39 bits per heavy atom. The molecule has 0 radical (unpaired) electrons. The second-order valence-corrected chi connectivity index (χ2v) is 9.52. The Morgan fingerprint density at radius 1 is 1.05 bits per heavy atom. The zero-order valence-corrected chi connectivity index (χ0v) is 21.2. The molecule has 8 nitrogen and oxygen atoms in total.